The van der Waals surface area contributed by atoms with Gasteiger partial charge in [0.05, 0.1) is 17.1 Å². The first-order chi connectivity index (χ1) is 8.13. The molecule has 0 unspecified atom stereocenters. The highest BCUT2D eigenvalue weighted by atomic mass is 35.5. The van der Waals surface area contributed by atoms with Gasteiger partial charge in [0.15, 0.2) is 5.69 Å². The number of allylic oxidation sites excluding steroid dienone is 1. The molecule has 1 N–H and O–H groups in total. The van der Waals surface area contributed by atoms with E-state index < -0.39 is 5.97 Å². The second-order valence-electron chi connectivity index (χ2n) is 3.38. The predicted octanol–water partition coefficient (Wildman–Crippen LogP) is 3.05. The molecule has 17 heavy (non-hydrogen) atoms. The zero-order valence-electron chi connectivity index (χ0n) is 8.60. The van der Waals surface area contributed by atoms with Crippen molar-refractivity contribution in [3.63, 3.8) is 0 Å². The van der Waals surface area contributed by atoms with E-state index in [2.05, 4.69) is 5.10 Å². The molecule has 1 aromatic heterocycles. The van der Waals surface area contributed by atoms with E-state index in [0.29, 0.717) is 15.9 Å². The lowest BCUT2D eigenvalue weighted by molar-refractivity contribution is 0.0691. The lowest BCUT2D eigenvalue weighted by atomic mass is 10.2. The second kappa shape index (κ2) is 4.77. The predicted molar refractivity (Wildman–Crippen MR) is 66.5 cm³/mol. The number of carboxylic acids is 1. The number of para-hydroxylation sites is 1. The van der Waals surface area contributed by atoms with Gasteiger partial charge in [-0.1, -0.05) is 41.4 Å². The number of hydrogen-bond donors (Lipinski definition) is 1. The topological polar surface area (TPSA) is 55.1 Å². The van der Waals surface area contributed by atoms with Gasteiger partial charge in [0.25, 0.3) is 0 Å². The van der Waals surface area contributed by atoms with Crippen LogP contribution >= 0.6 is 23.2 Å². The van der Waals surface area contributed by atoms with Gasteiger partial charge in [0.2, 0.25) is 0 Å². The number of benzene rings is 1. The van der Waals surface area contributed by atoms with Crippen molar-refractivity contribution in [1.82, 2.24) is 9.78 Å². The molecule has 88 valence electrons. The van der Waals surface area contributed by atoms with Crippen molar-refractivity contribution in [1.29, 1.82) is 0 Å². The molecular formula is C11H8Cl2N2O2. The fraction of sp³-hybridized carbons (Fsp3) is 0.0909. The molecular weight excluding hydrogens is 263 g/mol. The molecule has 0 aliphatic carbocycles. The van der Waals surface area contributed by atoms with Crippen LogP contribution in [0.2, 0.25) is 0 Å². The molecule has 0 radical (unpaired) electrons. The van der Waals surface area contributed by atoms with Crippen LogP contribution in [0.1, 0.15) is 10.5 Å². The Morgan fingerprint density at radius 2 is 2.18 bits per heavy atom. The minimum Gasteiger partial charge on any atom is -0.476 e. The molecule has 0 atom stereocenters. The Morgan fingerprint density at radius 1 is 1.47 bits per heavy atom. The minimum absolute atomic E-state index is 0.0136. The average molecular weight is 271 g/mol. The van der Waals surface area contributed by atoms with Crippen LogP contribution in [-0.4, -0.2) is 20.9 Å². The van der Waals surface area contributed by atoms with E-state index in [0.717, 1.165) is 0 Å². The maximum atomic E-state index is 11.0. The summed E-state index contributed by atoms with van der Waals surface area (Å²) in [7, 11) is 0. The average Bonchev–Trinajstić information content (AvgIpc) is 2.68. The molecule has 0 saturated heterocycles. The van der Waals surface area contributed by atoms with Crippen LogP contribution in [0.25, 0.3) is 10.9 Å². The molecule has 0 saturated carbocycles. The lowest BCUT2D eigenvalue weighted by Crippen LogP contribution is -2.03. The maximum absolute atomic E-state index is 11.0. The number of aromatic carboxylic acids is 1. The van der Waals surface area contributed by atoms with Crippen molar-refractivity contribution < 1.29 is 9.90 Å². The zero-order chi connectivity index (χ0) is 12.4. The Balaban J connectivity index is 2.60. The van der Waals surface area contributed by atoms with Crippen LogP contribution in [0.15, 0.2) is 34.8 Å². The van der Waals surface area contributed by atoms with Gasteiger partial charge in [-0.15, -0.1) is 0 Å². The summed E-state index contributed by atoms with van der Waals surface area (Å²) in [5.74, 6) is -1.06. The Labute approximate surface area is 107 Å². The Morgan fingerprint density at radius 3 is 2.82 bits per heavy atom. The molecule has 1 heterocycles. The fourth-order valence-electron chi connectivity index (χ4n) is 1.58. The molecule has 0 spiro atoms. The van der Waals surface area contributed by atoms with Crippen LogP contribution in [0, 0.1) is 0 Å². The molecule has 4 nitrogen and oxygen atoms in total. The minimum atomic E-state index is -1.06. The maximum Gasteiger partial charge on any atom is 0.357 e. The summed E-state index contributed by atoms with van der Waals surface area (Å²) in [4.78, 5) is 11.0. The highest BCUT2D eigenvalue weighted by molar-refractivity contribution is 6.36. The third-order valence-corrected chi connectivity index (χ3v) is 2.88. The fourth-order valence-corrected chi connectivity index (χ4v) is 1.77. The SMILES string of the molecule is O=C(O)c1nn(CC(Cl)=CCl)c2ccccc12. The van der Waals surface area contributed by atoms with Crippen LogP contribution in [0.4, 0.5) is 0 Å². The monoisotopic (exact) mass is 270 g/mol. The Hall–Kier alpha value is -1.52. The smallest absolute Gasteiger partial charge is 0.357 e. The van der Waals surface area contributed by atoms with Crippen molar-refractivity contribution in [2.75, 3.05) is 0 Å². The summed E-state index contributed by atoms with van der Waals surface area (Å²) in [6.45, 7) is 0.249. The standard InChI is InChI=1S/C11H8Cl2N2O2/c12-5-7(13)6-15-9-4-2-1-3-8(9)10(14-15)11(16)17/h1-5H,6H2,(H,16,17). The summed E-state index contributed by atoms with van der Waals surface area (Å²) in [5.41, 5.74) is 1.96. The van der Waals surface area contributed by atoms with Gasteiger partial charge in [-0.3, -0.25) is 4.68 Å². The molecule has 0 aliphatic heterocycles. The molecule has 1 aromatic carbocycles. The molecule has 0 amide bonds. The van der Waals surface area contributed by atoms with Crippen molar-refractivity contribution in [2.24, 2.45) is 0 Å². The Bertz CT molecular complexity index is 605. The number of fused-ring (bicyclic) bond motifs is 1. The number of halogens is 2. The summed E-state index contributed by atoms with van der Waals surface area (Å²) >= 11 is 11.3. The Kier molecular flexibility index (Phi) is 3.36. The number of nitrogens with zero attached hydrogens (tertiary/aromatic N) is 2. The second-order valence-corrected chi connectivity index (χ2v) is 4.09. The quantitative estimate of drug-likeness (QED) is 0.933. The molecule has 0 fully saturated rings. The molecule has 2 aromatic rings. The zero-order valence-corrected chi connectivity index (χ0v) is 10.1. The van der Waals surface area contributed by atoms with Crippen molar-refractivity contribution in [3.8, 4) is 0 Å². The number of carboxylic acid groups (broad SMARTS) is 1. The first-order valence-electron chi connectivity index (χ1n) is 4.77. The van der Waals surface area contributed by atoms with Crippen LogP contribution in [0.5, 0.6) is 0 Å². The summed E-state index contributed by atoms with van der Waals surface area (Å²) < 4.78 is 1.51. The van der Waals surface area contributed by atoms with Crippen LogP contribution < -0.4 is 0 Å². The molecule has 6 heteroatoms. The number of hydrogen-bond acceptors (Lipinski definition) is 2. The van der Waals surface area contributed by atoms with Crippen molar-refractivity contribution in [2.45, 2.75) is 6.54 Å². The molecule has 0 bridgehead atoms. The van der Waals surface area contributed by atoms with Gasteiger partial charge < -0.3 is 5.11 Å². The van der Waals surface area contributed by atoms with Gasteiger partial charge in [0, 0.05) is 10.9 Å². The van der Waals surface area contributed by atoms with Gasteiger partial charge in [0.1, 0.15) is 0 Å². The van der Waals surface area contributed by atoms with E-state index in [1.54, 1.807) is 18.2 Å². The van der Waals surface area contributed by atoms with E-state index in [1.165, 1.54) is 10.2 Å². The third kappa shape index (κ3) is 2.28. The summed E-state index contributed by atoms with van der Waals surface area (Å²) in [5, 5.41) is 14.0. The van der Waals surface area contributed by atoms with E-state index >= 15 is 0 Å². The number of carbonyl (C=O) groups is 1. The normalized spacial score (nSPS) is 12.0. The lowest BCUT2D eigenvalue weighted by Gasteiger charge is -2.00. The highest BCUT2D eigenvalue weighted by Crippen LogP contribution is 2.20. The van der Waals surface area contributed by atoms with Gasteiger partial charge >= 0.3 is 5.97 Å². The third-order valence-electron chi connectivity index (χ3n) is 2.28. The highest BCUT2D eigenvalue weighted by Gasteiger charge is 2.15. The molecule has 2 rings (SSSR count). The van der Waals surface area contributed by atoms with E-state index in [1.807, 2.05) is 6.07 Å². The van der Waals surface area contributed by atoms with Crippen LogP contribution in [0.3, 0.4) is 0 Å². The largest absolute Gasteiger partial charge is 0.476 e. The first-order valence-corrected chi connectivity index (χ1v) is 5.58. The van der Waals surface area contributed by atoms with Gasteiger partial charge in [-0.25, -0.2) is 4.79 Å². The number of rotatable bonds is 3. The number of aromatic nitrogens is 2. The summed E-state index contributed by atoms with van der Waals surface area (Å²) in [6, 6.07) is 7.07. The first kappa shape index (κ1) is 12.0. The van der Waals surface area contributed by atoms with E-state index in [9.17, 15) is 4.79 Å². The van der Waals surface area contributed by atoms with Crippen molar-refractivity contribution in [3.05, 3.63) is 40.5 Å². The molecule has 0 aliphatic rings. The van der Waals surface area contributed by atoms with Gasteiger partial charge in [-0.2, -0.15) is 5.10 Å². The van der Waals surface area contributed by atoms with Crippen LogP contribution in [-0.2, 0) is 6.54 Å². The van der Waals surface area contributed by atoms with E-state index in [-0.39, 0.29) is 12.2 Å². The van der Waals surface area contributed by atoms with Crippen molar-refractivity contribution >= 4 is 40.1 Å². The van der Waals surface area contributed by atoms with Gasteiger partial charge in [-0.05, 0) is 6.07 Å². The van der Waals surface area contributed by atoms with E-state index in [4.69, 9.17) is 28.3 Å². The summed E-state index contributed by atoms with van der Waals surface area (Å²) in [6.07, 6.45) is 0.